The van der Waals surface area contributed by atoms with Crippen LogP contribution in [0, 0.1) is 5.41 Å². The van der Waals surface area contributed by atoms with Crippen molar-refractivity contribution in [3.63, 3.8) is 0 Å². The maximum absolute atomic E-state index is 11.4. The predicted molar refractivity (Wildman–Crippen MR) is 67.6 cm³/mol. The van der Waals surface area contributed by atoms with Crippen molar-refractivity contribution in [2.24, 2.45) is 5.41 Å². The van der Waals surface area contributed by atoms with Gasteiger partial charge in [0.15, 0.2) is 0 Å². The Balaban J connectivity index is 2.29. The summed E-state index contributed by atoms with van der Waals surface area (Å²) in [7, 11) is 0. The molecule has 1 aromatic carbocycles. The maximum atomic E-state index is 11.4. The molecule has 5 nitrogen and oxygen atoms in total. The number of ether oxygens (including phenoxy) is 1. The Morgan fingerprint density at radius 1 is 1.42 bits per heavy atom. The van der Waals surface area contributed by atoms with Crippen LogP contribution in [0.15, 0.2) is 18.2 Å². The van der Waals surface area contributed by atoms with Crippen LogP contribution in [0.1, 0.15) is 36.2 Å². The molecule has 0 saturated carbocycles. The second kappa shape index (κ2) is 4.57. The summed E-state index contributed by atoms with van der Waals surface area (Å²) in [6.45, 7) is 3.47. The number of hydrogen-bond donors (Lipinski definition) is 2. The van der Waals surface area contributed by atoms with E-state index in [0.29, 0.717) is 18.6 Å². The zero-order valence-corrected chi connectivity index (χ0v) is 10.8. The molecule has 2 rings (SSSR count). The lowest BCUT2D eigenvalue weighted by Crippen LogP contribution is -2.42. The van der Waals surface area contributed by atoms with Gasteiger partial charge in [-0.15, -0.1) is 0 Å². The van der Waals surface area contributed by atoms with Gasteiger partial charge in [0.1, 0.15) is 17.3 Å². The minimum absolute atomic E-state index is 0.191. The number of fused-ring (bicyclic) bond motifs is 1. The largest absolute Gasteiger partial charge is 0.489 e. The molecule has 0 bridgehead atoms. The quantitative estimate of drug-likeness (QED) is 0.870. The van der Waals surface area contributed by atoms with Gasteiger partial charge in [-0.1, -0.05) is 6.92 Å². The minimum atomic E-state index is -0.997. The van der Waals surface area contributed by atoms with Crippen molar-refractivity contribution in [1.82, 2.24) is 0 Å². The van der Waals surface area contributed by atoms with E-state index in [0.717, 1.165) is 5.56 Å². The van der Waals surface area contributed by atoms with Gasteiger partial charge in [-0.25, -0.2) is 4.79 Å². The fourth-order valence-electron chi connectivity index (χ4n) is 2.25. The van der Waals surface area contributed by atoms with Crippen molar-refractivity contribution < 1.29 is 24.5 Å². The third kappa shape index (κ3) is 2.16. The average Bonchev–Trinajstić information content (AvgIpc) is 2.80. The Kier molecular flexibility index (Phi) is 3.22. The first kappa shape index (κ1) is 13.4. The lowest BCUT2D eigenvalue weighted by molar-refractivity contribution is -0.153. The van der Waals surface area contributed by atoms with E-state index < -0.39 is 23.5 Å². The summed E-state index contributed by atoms with van der Waals surface area (Å²) in [6.07, 6.45) is 0.411. The molecule has 102 valence electrons. The summed E-state index contributed by atoms with van der Waals surface area (Å²) in [5, 5.41) is 18.3. The van der Waals surface area contributed by atoms with E-state index >= 15 is 0 Å². The molecule has 0 fully saturated rings. The highest BCUT2D eigenvalue weighted by Gasteiger charge is 2.44. The second-order valence-electron chi connectivity index (χ2n) is 5.01. The molecule has 0 saturated heterocycles. The number of carboxylic acids is 2. The van der Waals surface area contributed by atoms with Crippen molar-refractivity contribution in [2.45, 2.75) is 32.8 Å². The van der Waals surface area contributed by atoms with E-state index in [1.54, 1.807) is 19.1 Å². The summed E-state index contributed by atoms with van der Waals surface area (Å²) in [5.41, 5.74) is -0.0232. The number of hydrogen-bond acceptors (Lipinski definition) is 3. The van der Waals surface area contributed by atoms with Gasteiger partial charge in [-0.2, -0.15) is 0 Å². The zero-order chi connectivity index (χ0) is 14.2. The van der Waals surface area contributed by atoms with Gasteiger partial charge >= 0.3 is 11.9 Å². The molecule has 2 N–H and O–H groups in total. The highest BCUT2D eigenvalue weighted by Crippen LogP contribution is 2.39. The number of carbonyl (C=O) groups is 2. The van der Waals surface area contributed by atoms with Crippen molar-refractivity contribution in [2.75, 3.05) is 0 Å². The van der Waals surface area contributed by atoms with Gasteiger partial charge in [0.05, 0.1) is 5.56 Å². The van der Waals surface area contributed by atoms with E-state index in [1.807, 2.05) is 6.92 Å². The smallest absolute Gasteiger partial charge is 0.335 e. The number of benzene rings is 1. The van der Waals surface area contributed by atoms with E-state index in [1.165, 1.54) is 6.07 Å². The number of aromatic carboxylic acids is 1. The van der Waals surface area contributed by atoms with Crippen LogP contribution >= 0.6 is 0 Å². The van der Waals surface area contributed by atoms with Gasteiger partial charge in [0.2, 0.25) is 0 Å². The molecule has 0 radical (unpaired) electrons. The highest BCUT2D eigenvalue weighted by atomic mass is 16.5. The Bertz CT molecular complexity index is 537. The SMILES string of the molecule is CCC(C)(C(=O)O)C1Cc2cc(C(=O)O)ccc2O1. The van der Waals surface area contributed by atoms with Gasteiger partial charge < -0.3 is 14.9 Å². The van der Waals surface area contributed by atoms with Gasteiger partial charge in [-0.3, -0.25) is 4.79 Å². The molecule has 1 aromatic rings. The first-order chi connectivity index (χ1) is 8.88. The summed E-state index contributed by atoms with van der Waals surface area (Å²) in [6, 6.07) is 4.61. The molecular formula is C14H16O5. The zero-order valence-electron chi connectivity index (χ0n) is 10.8. The fraction of sp³-hybridized carbons (Fsp3) is 0.429. The molecular weight excluding hydrogens is 248 g/mol. The number of aliphatic carboxylic acids is 1. The van der Waals surface area contributed by atoms with E-state index in [4.69, 9.17) is 9.84 Å². The molecule has 1 aliphatic rings. The predicted octanol–water partition coefficient (Wildman–Crippen LogP) is 2.19. The van der Waals surface area contributed by atoms with Crippen molar-refractivity contribution in [3.05, 3.63) is 29.3 Å². The Morgan fingerprint density at radius 3 is 2.63 bits per heavy atom. The second-order valence-corrected chi connectivity index (χ2v) is 5.01. The summed E-state index contributed by atoms with van der Waals surface area (Å²) >= 11 is 0. The fourth-order valence-corrected chi connectivity index (χ4v) is 2.25. The monoisotopic (exact) mass is 264 g/mol. The number of carboxylic acid groups (broad SMARTS) is 2. The topological polar surface area (TPSA) is 83.8 Å². The van der Waals surface area contributed by atoms with Crippen LogP contribution in [0.25, 0.3) is 0 Å². The van der Waals surface area contributed by atoms with Crippen LogP contribution in [0.3, 0.4) is 0 Å². The molecule has 2 atom stereocenters. The Hall–Kier alpha value is -2.04. The van der Waals surface area contributed by atoms with Crippen molar-refractivity contribution in [1.29, 1.82) is 0 Å². The van der Waals surface area contributed by atoms with Crippen molar-refractivity contribution >= 4 is 11.9 Å². The standard InChI is InChI=1S/C14H16O5/c1-3-14(2,13(17)18)11-7-9-6-8(12(15)16)4-5-10(9)19-11/h4-6,11H,3,7H2,1-2H3,(H,15,16)(H,17,18). The average molecular weight is 264 g/mol. The van der Waals surface area contributed by atoms with Crippen molar-refractivity contribution in [3.8, 4) is 5.75 Å². The first-order valence-corrected chi connectivity index (χ1v) is 6.14. The van der Waals surface area contributed by atoms with Crippen LogP contribution in [-0.4, -0.2) is 28.3 Å². The van der Waals surface area contributed by atoms with Crippen LogP contribution < -0.4 is 4.74 Å². The van der Waals surface area contributed by atoms with Gasteiger partial charge in [0.25, 0.3) is 0 Å². The lowest BCUT2D eigenvalue weighted by atomic mass is 9.80. The van der Waals surface area contributed by atoms with Crippen LogP contribution in [0.4, 0.5) is 0 Å². The van der Waals surface area contributed by atoms with Gasteiger partial charge in [-0.05, 0) is 37.1 Å². The first-order valence-electron chi connectivity index (χ1n) is 6.14. The van der Waals surface area contributed by atoms with Gasteiger partial charge in [0, 0.05) is 6.42 Å². The van der Waals surface area contributed by atoms with E-state index in [2.05, 4.69) is 0 Å². The van der Waals surface area contributed by atoms with E-state index in [-0.39, 0.29) is 5.56 Å². The summed E-state index contributed by atoms with van der Waals surface area (Å²) in [5.74, 6) is -1.31. The highest BCUT2D eigenvalue weighted by molar-refractivity contribution is 5.88. The number of rotatable bonds is 4. The Morgan fingerprint density at radius 2 is 2.11 bits per heavy atom. The molecule has 0 aliphatic carbocycles. The third-order valence-corrected chi connectivity index (χ3v) is 3.92. The van der Waals surface area contributed by atoms with Crippen LogP contribution in [0.2, 0.25) is 0 Å². The molecule has 0 amide bonds. The molecule has 1 aliphatic heterocycles. The summed E-state index contributed by atoms with van der Waals surface area (Å²) in [4.78, 5) is 22.3. The Labute approximate surface area is 110 Å². The lowest BCUT2D eigenvalue weighted by Gasteiger charge is -2.29. The van der Waals surface area contributed by atoms with Crippen LogP contribution in [0.5, 0.6) is 5.75 Å². The molecule has 0 aromatic heterocycles. The molecule has 5 heteroatoms. The molecule has 0 spiro atoms. The maximum Gasteiger partial charge on any atom is 0.335 e. The molecule has 2 unspecified atom stereocenters. The third-order valence-electron chi connectivity index (χ3n) is 3.92. The summed E-state index contributed by atoms with van der Waals surface area (Å²) < 4.78 is 5.69. The molecule has 1 heterocycles. The van der Waals surface area contributed by atoms with Crippen LogP contribution in [-0.2, 0) is 11.2 Å². The normalized spacial score (nSPS) is 20.2. The molecule has 19 heavy (non-hydrogen) atoms. The minimum Gasteiger partial charge on any atom is -0.489 e. The van der Waals surface area contributed by atoms with E-state index in [9.17, 15) is 14.7 Å².